The minimum absolute atomic E-state index is 0.0258. The number of halogens is 1. The van der Waals surface area contributed by atoms with Crippen molar-refractivity contribution in [2.75, 3.05) is 6.54 Å². The second-order valence-electron chi connectivity index (χ2n) is 4.48. The zero-order valence-electron chi connectivity index (χ0n) is 11.6. The molecule has 1 N–H and O–H groups in total. The van der Waals surface area contributed by atoms with E-state index in [-0.39, 0.29) is 33.5 Å². The van der Waals surface area contributed by atoms with Crippen LogP contribution in [0.4, 0.5) is 5.69 Å². The average molecular weight is 352 g/mol. The van der Waals surface area contributed by atoms with Crippen LogP contribution < -0.4 is 5.32 Å². The van der Waals surface area contributed by atoms with Gasteiger partial charge in [-0.15, -0.1) is 6.58 Å². The normalized spacial score (nSPS) is 16.5. The molecule has 1 saturated heterocycles. The first-order chi connectivity index (χ1) is 10.8. The molecule has 1 aromatic carbocycles. The maximum absolute atomic E-state index is 12.4. The third-order valence-corrected chi connectivity index (χ3v) is 3.65. The van der Waals surface area contributed by atoms with E-state index in [2.05, 4.69) is 11.9 Å². The number of benzene rings is 1. The van der Waals surface area contributed by atoms with Gasteiger partial charge in [-0.2, -0.15) is 0 Å². The fourth-order valence-electron chi connectivity index (χ4n) is 1.90. The standard InChI is InChI=1S/C14H10ClN3O4S/c1-2-5-17-13(20)10(12(19)16-14(17)23)7-8-6-9(18(21)22)3-4-11(8)15/h2-4,6-7H,1,5H2,(H,16,19,23)/b10-7+. The molecule has 0 aliphatic carbocycles. The highest BCUT2D eigenvalue weighted by atomic mass is 35.5. The summed E-state index contributed by atoms with van der Waals surface area (Å²) in [5.41, 5.74) is -0.239. The lowest BCUT2D eigenvalue weighted by Gasteiger charge is -2.27. The molecule has 0 bridgehead atoms. The summed E-state index contributed by atoms with van der Waals surface area (Å²) >= 11 is 10.9. The van der Waals surface area contributed by atoms with Crippen LogP contribution in [0.25, 0.3) is 6.08 Å². The van der Waals surface area contributed by atoms with Crippen molar-refractivity contribution in [3.05, 3.63) is 57.1 Å². The zero-order valence-corrected chi connectivity index (χ0v) is 13.2. The predicted molar refractivity (Wildman–Crippen MR) is 88.7 cm³/mol. The molecule has 1 fully saturated rings. The smallest absolute Gasteiger partial charge is 0.270 e. The lowest BCUT2D eigenvalue weighted by Crippen LogP contribution is -2.53. The SMILES string of the molecule is C=CCN1C(=O)/C(=C/c2cc([N+](=O)[O-])ccc2Cl)C(=O)NC1=S. The first-order valence-corrected chi connectivity index (χ1v) is 7.07. The van der Waals surface area contributed by atoms with Crippen molar-refractivity contribution in [3.8, 4) is 0 Å². The summed E-state index contributed by atoms with van der Waals surface area (Å²) in [6.45, 7) is 3.64. The van der Waals surface area contributed by atoms with Crippen LogP contribution in [-0.2, 0) is 9.59 Å². The van der Waals surface area contributed by atoms with Gasteiger partial charge in [0.25, 0.3) is 17.5 Å². The summed E-state index contributed by atoms with van der Waals surface area (Å²) < 4.78 is 0. The lowest BCUT2D eigenvalue weighted by molar-refractivity contribution is -0.384. The maximum atomic E-state index is 12.4. The number of nitro benzene ring substituents is 1. The largest absolute Gasteiger partial charge is 0.298 e. The molecular formula is C14H10ClN3O4S. The number of rotatable bonds is 4. The van der Waals surface area contributed by atoms with Crippen LogP contribution in [0.5, 0.6) is 0 Å². The van der Waals surface area contributed by atoms with E-state index in [4.69, 9.17) is 23.8 Å². The number of amides is 2. The quantitative estimate of drug-likeness (QED) is 0.224. The van der Waals surface area contributed by atoms with Gasteiger partial charge in [0.1, 0.15) is 5.57 Å². The number of non-ortho nitro benzene ring substituents is 1. The van der Waals surface area contributed by atoms with E-state index in [0.717, 1.165) is 4.90 Å². The van der Waals surface area contributed by atoms with E-state index >= 15 is 0 Å². The molecule has 0 unspecified atom stereocenters. The van der Waals surface area contributed by atoms with Crippen LogP contribution in [0.1, 0.15) is 5.56 Å². The van der Waals surface area contributed by atoms with Crippen LogP contribution in [-0.4, -0.2) is 33.3 Å². The number of nitro groups is 1. The molecule has 118 valence electrons. The van der Waals surface area contributed by atoms with Gasteiger partial charge in [0.2, 0.25) is 0 Å². The summed E-state index contributed by atoms with van der Waals surface area (Å²) in [6, 6.07) is 3.73. The average Bonchev–Trinajstić information content (AvgIpc) is 2.49. The molecule has 0 atom stereocenters. The highest BCUT2D eigenvalue weighted by molar-refractivity contribution is 7.80. The van der Waals surface area contributed by atoms with Crippen molar-refractivity contribution in [2.24, 2.45) is 0 Å². The van der Waals surface area contributed by atoms with Crippen LogP contribution in [0, 0.1) is 10.1 Å². The lowest BCUT2D eigenvalue weighted by atomic mass is 10.1. The van der Waals surface area contributed by atoms with Crippen molar-refractivity contribution < 1.29 is 14.5 Å². The van der Waals surface area contributed by atoms with Gasteiger partial charge in [0, 0.05) is 29.3 Å². The van der Waals surface area contributed by atoms with Crippen LogP contribution >= 0.6 is 23.8 Å². The van der Waals surface area contributed by atoms with E-state index < -0.39 is 16.7 Å². The number of hydrogen-bond acceptors (Lipinski definition) is 5. The third-order valence-electron chi connectivity index (χ3n) is 2.99. The van der Waals surface area contributed by atoms with Gasteiger partial charge in [0.05, 0.1) is 4.92 Å². The van der Waals surface area contributed by atoms with Crippen LogP contribution in [0.3, 0.4) is 0 Å². The molecule has 0 saturated carbocycles. The van der Waals surface area contributed by atoms with Crippen LogP contribution in [0.2, 0.25) is 5.02 Å². The monoisotopic (exact) mass is 351 g/mol. The number of carbonyl (C=O) groups excluding carboxylic acids is 2. The van der Waals surface area contributed by atoms with E-state index in [0.29, 0.717) is 0 Å². The Hall–Kier alpha value is -2.58. The van der Waals surface area contributed by atoms with E-state index in [1.807, 2.05) is 0 Å². The molecule has 2 rings (SSSR count). The van der Waals surface area contributed by atoms with E-state index in [1.54, 1.807) is 0 Å². The maximum Gasteiger partial charge on any atom is 0.270 e. The van der Waals surface area contributed by atoms with Gasteiger partial charge in [-0.3, -0.25) is 29.9 Å². The second kappa shape index (κ2) is 6.67. The summed E-state index contributed by atoms with van der Waals surface area (Å²) in [7, 11) is 0. The summed E-state index contributed by atoms with van der Waals surface area (Å²) in [6.07, 6.45) is 2.66. The Morgan fingerprint density at radius 3 is 2.74 bits per heavy atom. The third kappa shape index (κ3) is 3.43. The Labute approximate surface area is 141 Å². The Bertz CT molecular complexity index is 775. The van der Waals surface area contributed by atoms with Crippen molar-refractivity contribution in [2.45, 2.75) is 0 Å². The number of carbonyl (C=O) groups is 2. The minimum Gasteiger partial charge on any atom is -0.298 e. The van der Waals surface area contributed by atoms with Crippen LogP contribution in [0.15, 0.2) is 36.4 Å². The molecule has 2 amide bonds. The highest BCUT2D eigenvalue weighted by Gasteiger charge is 2.32. The van der Waals surface area contributed by atoms with Gasteiger partial charge < -0.3 is 0 Å². The summed E-state index contributed by atoms with van der Waals surface area (Å²) in [5.74, 6) is -1.32. The molecule has 1 aliphatic rings. The van der Waals surface area contributed by atoms with Gasteiger partial charge in [0.15, 0.2) is 5.11 Å². The van der Waals surface area contributed by atoms with Crippen molar-refractivity contribution >= 4 is 52.5 Å². The van der Waals surface area contributed by atoms with Gasteiger partial charge in [-0.1, -0.05) is 17.7 Å². The highest BCUT2D eigenvalue weighted by Crippen LogP contribution is 2.25. The zero-order chi connectivity index (χ0) is 17.1. The summed E-state index contributed by atoms with van der Waals surface area (Å²) in [4.78, 5) is 35.7. The predicted octanol–water partition coefficient (Wildman–Crippen LogP) is 2.06. The minimum atomic E-state index is -0.692. The number of thiocarbonyl (C=S) groups is 1. The van der Waals surface area contributed by atoms with Crippen molar-refractivity contribution in [1.29, 1.82) is 0 Å². The van der Waals surface area contributed by atoms with E-state index in [1.165, 1.54) is 30.4 Å². The molecule has 7 nitrogen and oxygen atoms in total. The van der Waals surface area contributed by atoms with Gasteiger partial charge in [-0.05, 0) is 24.4 Å². The van der Waals surface area contributed by atoms with Crippen molar-refractivity contribution in [3.63, 3.8) is 0 Å². The molecule has 0 radical (unpaired) electrons. The number of hydrogen-bond donors (Lipinski definition) is 1. The van der Waals surface area contributed by atoms with Gasteiger partial charge in [-0.25, -0.2) is 0 Å². The molecule has 23 heavy (non-hydrogen) atoms. The van der Waals surface area contributed by atoms with Gasteiger partial charge >= 0.3 is 0 Å². The fourth-order valence-corrected chi connectivity index (χ4v) is 2.32. The van der Waals surface area contributed by atoms with Crippen molar-refractivity contribution in [1.82, 2.24) is 10.2 Å². The molecule has 0 aromatic heterocycles. The number of nitrogens with one attached hydrogen (secondary N) is 1. The Morgan fingerprint density at radius 1 is 1.43 bits per heavy atom. The second-order valence-corrected chi connectivity index (χ2v) is 5.28. The molecule has 1 aliphatic heterocycles. The van der Waals surface area contributed by atoms with E-state index in [9.17, 15) is 19.7 Å². The first kappa shape index (κ1) is 16.8. The molecular weight excluding hydrogens is 342 g/mol. The molecule has 9 heteroatoms. The Morgan fingerprint density at radius 2 is 2.13 bits per heavy atom. The first-order valence-electron chi connectivity index (χ1n) is 6.29. The number of nitrogens with zero attached hydrogens (tertiary/aromatic N) is 2. The fraction of sp³-hybridized carbons (Fsp3) is 0.0714. The Kier molecular flexibility index (Phi) is 4.87. The summed E-state index contributed by atoms with van der Waals surface area (Å²) in [5, 5.41) is 13.3. The molecule has 1 aromatic rings. The topological polar surface area (TPSA) is 92.6 Å². The molecule has 1 heterocycles. The Balaban J connectivity index is 2.48. The molecule has 0 spiro atoms.